The third kappa shape index (κ3) is 6.07. The highest BCUT2D eigenvalue weighted by Crippen LogP contribution is 2.16. The Balaban J connectivity index is 1.48. The summed E-state index contributed by atoms with van der Waals surface area (Å²) in [6.45, 7) is 0.689. The van der Waals surface area contributed by atoms with E-state index < -0.39 is 5.97 Å². The Kier molecular flexibility index (Phi) is 7.43. The lowest BCUT2D eigenvalue weighted by Gasteiger charge is -2.19. The molecule has 1 fully saturated rings. The van der Waals surface area contributed by atoms with Gasteiger partial charge in [0.15, 0.2) is 0 Å². The summed E-state index contributed by atoms with van der Waals surface area (Å²) in [5.41, 5.74) is 1.93. The average Bonchev–Trinajstić information content (AvgIpc) is 2.97. The van der Waals surface area contributed by atoms with E-state index in [0.29, 0.717) is 30.0 Å². The molecular weight excluding hydrogens is 384 g/mol. The van der Waals surface area contributed by atoms with E-state index in [1.807, 2.05) is 0 Å². The molecule has 0 saturated carbocycles. The van der Waals surface area contributed by atoms with E-state index in [0.717, 1.165) is 24.8 Å². The van der Waals surface area contributed by atoms with Crippen molar-refractivity contribution in [2.24, 2.45) is 0 Å². The van der Waals surface area contributed by atoms with Crippen molar-refractivity contribution in [3.8, 4) is 5.75 Å². The molecule has 0 atom stereocenters. The van der Waals surface area contributed by atoms with Crippen molar-refractivity contribution in [2.45, 2.75) is 32.3 Å². The number of carbonyl (C=O) groups is 3. The molecule has 0 aromatic heterocycles. The van der Waals surface area contributed by atoms with Crippen LogP contribution in [0.15, 0.2) is 48.5 Å². The van der Waals surface area contributed by atoms with Gasteiger partial charge in [-0.15, -0.1) is 0 Å². The average molecular weight is 410 g/mol. The first-order valence-electron chi connectivity index (χ1n) is 10.0. The maximum Gasteiger partial charge on any atom is 0.325 e. The van der Waals surface area contributed by atoms with Gasteiger partial charge >= 0.3 is 5.97 Å². The van der Waals surface area contributed by atoms with Gasteiger partial charge in [0.2, 0.25) is 5.91 Å². The van der Waals surface area contributed by atoms with Gasteiger partial charge in [0.25, 0.3) is 5.91 Å². The number of amides is 2. The van der Waals surface area contributed by atoms with Gasteiger partial charge in [-0.1, -0.05) is 18.6 Å². The Morgan fingerprint density at radius 2 is 1.73 bits per heavy atom. The lowest BCUT2D eigenvalue weighted by molar-refractivity contribution is -0.150. The minimum atomic E-state index is -0.424. The number of esters is 1. The molecular formula is C23H26N2O5. The van der Waals surface area contributed by atoms with E-state index in [1.165, 1.54) is 0 Å². The fourth-order valence-electron chi connectivity index (χ4n) is 3.20. The van der Waals surface area contributed by atoms with Gasteiger partial charge < -0.3 is 19.7 Å². The summed E-state index contributed by atoms with van der Waals surface area (Å²) >= 11 is 0. The van der Waals surface area contributed by atoms with Gasteiger partial charge in [0.1, 0.15) is 18.9 Å². The number of methoxy groups -OCH3 is 1. The summed E-state index contributed by atoms with van der Waals surface area (Å²) in [6, 6.07) is 13.9. The lowest BCUT2D eigenvalue weighted by atomic mass is 10.1. The molecule has 3 rings (SSSR count). The molecule has 1 aliphatic rings. The standard InChI is InChI=1S/C23H26N2O5/c1-29-20-12-10-19(11-13-20)24-23(28)18-8-6-17(7-9-18)16-30-22(27)15-25-14-4-2-3-5-21(25)26/h6-13H,2-5,14-16H2,1H3,(H,24,28). The number of hydrogen-bond acceptors (Lipinski definition) is 5. The predicted molar refractivity (Wildman–Crippen MR) is 112 cm³/mol. The molecule has 0 bridgehead atoms. The van der Waals surface area contributed by atoms with Gasteiger partial charge in [-0.25, -0.2) is 0 Å². The van der Waals surface area contributed by atoms with E-state index in [9.17, 15) is 14.4 Å². The molecule has 7 heteroatoms. The van der Waals surface area contributed by atoms with Crippen molar-refractivity contribution in [3.05, 3.63) is 59.7 Å². The van der Waals surface area contributed by atoms with Gasteiger partial charge in [0, 0.05) is 24.2 Å². The van der Waals surface area contributed by atoms with Crippen molar-refractivity contribution >= 4 is 23.5 Å². The van der Waals surface area contributed by atoms with Crippen LogP contribution in [0.4, 0.5) is 5.69 Å². The zero-order valence-electron chi connectivity index (χ0n) is 17.1. The molecule has 0 spiro atoms. The summed E-state index contributed by atoms with van der Waals surface area (Å²) in [4.78, 5) is 38.0. The number of nitrogens with zero attached hydrogens (tertiary/aromatic N) is 1. The number of rotatable bonds is 7. The van der Waals surface area contributed by atoms with Crippen molar-refractivity contribution in [3.63, 3.8) is 0 Å². The van der Waals surface area contributed by atoms with E-state index >= 15 is 0 Å². The number of anilines is 1. The van der Waals surface area contributed by atoms with Crippen LogP contribution in [0.2, 0.25) is 0 Å². The Bertz CT molecular complexity index is 877. The number of carbonyl (C=O) groups excluding carboxylic acids is 3. The molecule has 0 aliphatic carbocycles. The summed E-state index contributed by atoms with van der Waals surface area (Å²) < 4.78 is 10.4. The van der Waals surface area contributed by atoms with E-state index in [2.05, 4.69) is 5.32 Å². The number of nitrogens with one attached hydrogen (secondary N) is 1. The normalized spacial score (nSPS) is 14.0. The molecule has 2 amide bonds. The fraction of sp³-hybridized carbons (Fsp3) is 0.348. The minimum Gasteiger partial charge on any atom is -0.497 e. The van der Waals surface area contributed by atoms with Crippen LogP contribution in [0, 0.1) is 0 Å². The SMILES string of the molecule is COc1ccc(NC(=O)c2ccc(COC(=O)CN3CCCCCC3=O)cc2)cc1. The van der Waals surface area contributed by atoms with Crippen LogP contribution in [0.1, 0.15) is 41.6 Å². The molecule has 1 heterocycles. The number of benzene rings is 2. The largest absolute Gasteiger partial charge is 0.497 e. The molecule has 2 aromatic rings. The second-order valence-corrected chi connectivity index (χ2v) is 7.17. The summed E-state index contributed by atoms with van der Waals surface area (Å²) in [5, 5.41) is 2.82. The second kappa shape index (κ2) is 10.4. The molecule has 0 unspecified atom stereocenters. The maximum atomic E-state index is 12.4. The fourth-order valence-corrected chi connectivity index (χ4v) is 3.20. The van der Waals surface area contributed by atoms with Crippen LogP contribution in [-0.4, -0.2) is 42.9 Å². The van der Waals surface area contributed by atoms with E-state index in [4.69, 9.17) is 9.47 Å². The Morgan fingerprint density at radius 3 is 2.43 bits per heavy atom. The lowest BCUT2D eigenvalue weighted by Crippen LogP contribution is -2.35. The van der Waals surface area contributed by atoms with Crippen molar-refractivity contribution < 1.29 is 23.9 Å². The van der Waals surface area contributed by atoms with Crippen molar-refractivity contribution in [1.29, 1.82) is 0 Å². The Morgan fingerprint density at radius 1 is 1.00 bits per heavy atom. The third-order valence-corrected chi connectivity index (χ3v) is 4.96. The molecule has 0 radical (unpaired) electrons. The van der Waals surface area contributed by atoms with Crippen LogP contribution in [-0.2, 0) is 20.9 Å². The quantitative estimate of drug-likeness (QED) is 0.707. The van der Waals surface area contributed by atoms with Crippen LogP contribution < -0.4 is 10.1 Å². The molecule has 7 nitrogen and oxygen atoms in total. The number of ether oxygens (including phenoxy) is 2. The minimum absolute atomic E-state index is 0.0108. The smallest absolute Gasteiger partial charge is 0.325 e. The summed E-state index contributed by atoms with van der Waals surface area (Å²) in [6.07, 6.45) is 3.30. The first-order chi connectivity index (χ1) is 14.5. The first kappa shape index (κ1) is 21.4. The highest BCUT2D eigenvalue weighted by molar-refractivity contribution is 6.04. The summed E-state index contributed by atoms with van der Waals surface area (Å²) in [7, 11) is 1.58. The molecule has 1 aliphatic heterocycles. The van der Waals surface area contributed by atoms with Crippen LogP contribution in [0.3, 0.4) is 0 Å². The van der Waals surface area contributed by atoms with E-state index in [-0.39, 0.29) is 25.0 Å². The molecule has 1 N–H and O–H groups in total. The highest BCUT2D eigenvalue weighted by Gasteiger charge is 2.19. The topological polar surface area (TPSA) is 84.9 Å². The van der Waals surface area contributed by atoms with E-state index in [1.54, 1.807) is 60.5 Å². The van der Waals surface area contributed by atoms with Crippen molar-refractivity contribution in [1.82, 2.24) is 4.90 Å². The second-order valence-electron chi connectivity index (χ2n) is 7.17. The number of likely N-dealkylation sites (tertiary alicyclic amines) is 1. The number of hydrogen-bond donors (Lipinski definition) is 1. The van der Waals surface area contributed by atoms with Gasteiger partial charge in [0.05, 0.1) is 7.11 Å². The molecule has 158 valence electrons. The van der Waals surface area contributed by atoms with Crippen molar-refractivity contribution in [2.75, 3.05) is 25.5 Å². The van der Waals surface area contributed by atoms with Gasteiger partial charge in [-0.05, 0) is 54.8 Å². The molecule has 2 aromatic carbocycles. The Hall–Kier alpha value is -3.35. The zero-order chi connectivity index (χ0) is 21.3. The van der Waals surface area contributed by atoms with Crippen LogP contribution in [0.25, 0.3) is 0 Å². The molecule has 1 saturated heterocycles. The van der Waals surface area contributed by atoms with Gasteiger partial charge in [-0.2, -0.15) is 0 Å². The molecule has 30 heavy (non-hydrogen) atoms. The Labute approximate surface area is 176 Å². The highest BCUT2D eigenvalue weighted by atomic mass is 16.5. The third-order valence-electron chi connectivity index (χ3n) is 4.96. The van der Waals surface area contributed by atoms with Crippen LogP contribution in [0.5, 0.6) is 5.75 Å². The monoisotopic (exact) mass is 410 g/mol. The predicted octanol–water partition coefficient (Wildman–Crippen LogP) is 3.39. The summed E-state index contributed by atoms with van der Waals surface area (Å²) in [5.74, 6) is 0.0683. The van der Waals surface area contributed by atoms with Gasteiger partial charge in [-0.3, -0.25) is 14.4 Å². The van der Waals surface area contributed by atoms with Crippen LogP contribution >= 0.6 is 0 Å². The maximum absolute atomic E-state index is 12.4. The zero-order valence-corrected chi connectivity index (χ0v) is 17.1. The first-order valence-corrected chi connectivity index (χ1v) is 10.0.